The number of phosphoric acid groups is 1. The predicted octanol–water partition coefficient (Wildman–Crippen LogP) is 15.7. The van der Waals surface area contributed by atoms with Crippen molar-refractivity contribution in [1.29, 1.82) is 0 Å². The summed E-state index contributed by atoms with van der Waals surface area (Å²) >= 11 is 0. The van der Waals surface area contributed by atoms with Gasteiger partial charge in [-0.05, 0) is 12.8 Å². The van der Waals surface area contributed by atoms with Gasteiger partial charge in [0.25, 0.3) is 7.82 Å². The van der Waals surface area contributed by atoms with E-state index < -0.39 is 26.5 Å². The zero-order chi connectivity index (χ0) is 46.4. The second-order valence-corrected chi connectivity index (χ2v) is 21.4. The summed E-state index contributed by atoms with van der Waals surface area (Å²) in [5, 5.41) is 0. The van der Waals surface area contributed by atoms with E-state index in [1.54, 1.807) is 0 Å². The minimum Gasteiger partial charge on any atom is -0.756 e. The number of carbonyl (C=O) groups is 2. The molecule has 0 aromatic rings. The molecule has 0 amide bonds. The van der Waals surface area contributed by atoms with Gasteiger partial charge in [0.1, 0.15) is 19.8 Å². The molecule has 0 aliphatic carbocycles. The molecule has 0 aliphatic heterocycles. The lowest BCUT2D eigenvalue weighted by Crippen LogP contribution is -2.37. The molecule has 0 fully saturated rings. The maximum absolute atomic E-state index is 12.8. The van der Waals surface area contributed by atoms with Crippen LogP contribution in [0.3, 0.4) is 0 Å². The van der Waals surface area contributed by atoms with Gasteiger partial charge in [-0.3, -0.25) is 14.2 Å². The third-order valence-electron chi connectivity index (χ3n) is 12.4. The van der Waals surface area contributed by atoms with Crippen LogP contribution in [0.2, 0.25) is 0 Å². The van der Waals surface area contributed by atoms with E-state index in [4.69, 9.17) is 18.5 Å². The highest BCUT2D eigenvalue weighted by atomic mass is 31.2. The van der Waals surface area contributed by atoms with Gasteiger partial charge < -0.3 is 27.9 Å². The highest BCUT2D eigenvalue weighted by Crippen LogP contribution is 2.38. The van der Waals surface area contributed by atoms with E-state index in [0.29, 0.717) is 17.4 Å². The van der Waals surface area contributed by atoms with Crippen molar-refractivity contribution in [3.8, 4) is 0 Å². The number of carbonyl (C=O) groups excluding carboxylic acids is 2. The Labute approximate surface area is 391 Å². The Morgan fingerprint density at radius 3 is 1.02 bits per heavy atom. The van der Waals surface area contributed by atoms with E-state index in [1.807, 2.05) is 21.1 Å². The van der Waals surface area contributed by atoms with Crippen LogP contribution >= 0.6 is 7.82 Å². The fourth-order valence-electron chi connectivity index (χ4n) is 8.13. The van der Waals surface area contributed by atoms with Gasteiger partial charge in [-0.1, -0.05) is 251 Å². The minimum absolute atomic E-state index is 0.0253. The van der Waals surface area contributed by atoms with Crippen molar-refractivity contribution in [2.24, 2.45) is 0 Å². The molecule has 0 radical (unpaired) electrons. The zero-order valence-corrected chi connectivity index (χ0v) is 43.5. The molecule has 9 nitrogen and oxygen atoms in total. The molecule has 0 aromatic heterocycles. The molecule has 0 saturated heterocycles. The van der Waals surface area contributed by atoms with E-state index in [0.717, 1.165) is 32.1 Å². The standard InChI is InChI=1S/C53H106NO8P/c1-6-8-10-12-14-16-18-20-22-23-24-25-26-27-28-29-30-31-32-34-36-38-40-42-44-46-53(56)62-51(50-61-63(57,58)60-48-47-54(3,4)5)49-59-52(55)45-43-41-39-37-35-33-21-19-17-15-13-11-9-7-2/h51H,6-50H2,1-5H3. The largest absolute Gasteiger partial charge is 0.756 e. The van der Waals surface area contributed by atoms with E-state index in [9.17, 15) is 19.0 Å². The van der Waals surface area contributed by atoms with Gasteiger partial charge in [0.2, 0.25) is 0 Å². The number of hydrogen-bond acceptors (Lipinski definition) is 8. The highest BCUT2D eigenvalue weighted by molar-refractivity contribution is 7.45. The Balaban J connectivity index is 4.10. The lowest BCUT2D eigenvalue weighted by atomic mass is 10.0. The molecular formula is C53H106NO8P. The molecule has 0 rings (SSSR count). The molecule has 2 unspecified atom stereocenters. The number of rotatable bonds is 51. The first-order chi connectivity index (χ1) is 30.5. The van der Waals surface area contributed by atoms with Crippen molar-refractivity contribution in [2.75, 3.05) is 47.5 Å². The molecule has 2 atom stereocenters. The Morgan fingerprint density at radius 1 is 0.429 bits per heavy atom. The molecule has 0 bridgehead atoms. The molecule has 0 aliphatic rings. The van der Waals surface area contributed by atoms with Gasteiger partial charge in [0, 0.05) is 12.8 Å². The Morgan fingerprint density at radius 2 is 0.714 bits per heavy atom. The van der Waals surface area contributed by atoms with E-state index >= 15 is 0 Å². The molecule has 0 aromatic carbocycles. The molecule has 0 spiro atoms. The van der Waals surface area contributed by atoms with Crippen molar-refractivity contribution in [3.05, 3.63) is 0 Å². The first-order valence-corrected chi connectivity index (χ1v) is 28.7. The van der Waals surface area contributed by atoms with Gasteiger partial charge in [-0.25, -0.2) is 0 Å². The lowest BCUT2D eigenvalue weighted by Gasteiger charge is -2.28. The van der Waals surface area contributed by atoms with Crippen molar-refractivity contribution >= 4 is 19.8 Å². The summed E-state index contributed by atoms with van der Waals surface area (Å²) in [5.74, 6) is -0.813. The summed E-state index contributed by atoms with van der Waals surface area (Å²) < 4.78 is 34.1. The number of nitrogens with zero attached hydrogens (tertiary/aromatic N) is 1. The summed E-state index contributed by atoms with van der Waals surface area (Å²) in [5.41, 5.74) is 0. The third-order valence-corrected chi connectivity index (χ3v) is 13.3. The topological polar surface area (TPSA) is 111 Å². The monoisotopic (exact) mass is 916 g/mol. The average molecular weight is 916 g/mol. The second kappa shape index (κ2) is 46.1. The molecule has 0 N–H and O–H groups in total. The number of quaternary nitrogens is 1. The molecule has 0 saturated carbocycles. The normalized spacial score (nSPS) is 13.3. The zero-order valence-electron chi connectivity index (χ0n) is 42.6. The van der Waals surface area contributed by atoms with Crippen LogP contribution in [0.1, 0.15) is 277 Å². The van der Waals surface area contributed by atoms with Crippen molar-refractivity contribution in [2.45, 2.75) is 283 Å². The van der Waals surface area contributed by atoms with Crippen LogP contribution < -0.4 is 4.89 Å². The summed E-state index contributed by atoms with van der Waals surface area (Å²) in [6.07, 6.45) is 50.0. The Bertz CT molecular complexity index is 1040. The van der Waals surface area contributed by atoms with Crippen LogP contribution in [-0.4, -0.2) is 70.0 Å². The van der Waals surface area contributed by atoms with E-state index in [1.165, 1.54) is 212 Å². The van der Waals surface area contributed by atoms with Crippen LogP contribution in [0.15, 0.2) is 0 Å². The Hall–Kier alpha value is -0.990. The maximum Gasteiger partial charge on any atom is 0.306 e. The lowest BCUT2D eigenvalue weighted by molar-refractivity contribution is -0.870. The van der Waals surface area contributed by atoms with Crippen LogP contribution in [-0.2, 0) is 32.7 Å². The summed E-state index contributed by atoms with van der Waals surface area (Å²) in [6.45, 7) is 4.29. The highest BCUT2D eigenvalue weighted by Gasteiger charge is 2.22. The Kier molecular flexibility index (Phi) is 45.4. The first kappa shape index (κ1) is 62.0. The fourth-order valence-corrected chi connectivity index (χ4v) is 8.86. The minimum atomic E-state index is -4.62. The average Bonchev–Trinajstić information content (AvgIpc) is 3.24. The number of likely N-dealkylation sites (N-methyl/N-ethyl adjacent to an activating group) is 1. The van der Waals surface area contributed by atoms with Crippen molar-refractivity contribution < 1.29 is 42.1 Å². The second-order valence-electron chi connectivity index (χ2n) is 20.0. The molecule has 10 heteroatoms. The maximum atomic E-state index is 12.8. The van der Waals surface area contributed by atoms with Crippen LogP contribution in [0.5, 0.6) is 0 Å². The van der Waals surface area contributed by atoms with Crippen LogP contribution in [0.4, 0.5) is 0 Å². The summed E-state index contributed by atoms with van der Waals surface area (Å²) in [6, 6.07) is 0. The summed E-state index contributed by atoms with van der Waals surface area (Å²) in [7, 11) is 1.19. The van der Waals surface area contributed by atoms with Crippen LogP contribution in [0, 0.1) is 0 Å². The fraction of sp³-hybridized carbons (Fsp3) is 0.962. The molecular weight excluding hydrogens is 810 g/mol. The number of hydrogen-bond donors (Lipinski definition) is 0. The molecule has 376 valence electrons. The van der Waals surface area contributed by atoms with Gasteiger partial charge in [0.15, 0.2) is 6.10 Å². The van der Waals surface area contributed by atoms with Gasteiger partial charge >= 0.3 is 11.9 Å². The van der Waals surface area contributed by atoms with Crippen molar-refractivity contribution in [1.82, 2.24) is 0 Å². The van der Waals surface area contributed by atoms with Crippen LogP contribution in [0.25, 0.3) is 0 Å². The first-order valence-electron chi connectivity index (χ1n) is 27.2. The third kappa shape index (κ3) is 50.3. The summed E-state index contributed by atoms with van der Waals surface area (Å²) in [4.78, 5) is 37.7. The van der Waals surface area contributed by atoms with Gasteiger partial charge in [-0.2, -0.15) is 0 Å². The van der Waals surface area contributed by atoms with Gasteiger partial charge in [-0.15, -0.1) is 0 Å². The van der Waals surface area contributed by atoms with E-state index in [-0.39, 0.29) is 32.0 Å². The number of ether oxygens (including phenoxy) is 2. The number of unbranched alkanes of at least 4 members (excludes halogenated alkanes) is 37. The molecule has 0 heterocycles. The number of phosphoric ester groups is 1. The van der Waals surface area contributed by atoms with Gasteiger partial charge in [0.05, 0.1) is 27.7 Å². The number of esters is 2. The quantitative estimate of drug-likeness (QED) is 0.0257. The van der Waals surface area contributed by atoms with Crippen molar-refractivity contribution in [3.63, 3.8) is 0 Å². The SMILES string of the molecule is CCCCCCCCCCCCCCCCCCCCCCCCCCCC(=O)OC(COC(=O)CCCCCCCCCCCCCCCC)COP(=O)([O-])OCC[N+](C)(C)C. The van der Waals surface area contributed by atoms with E-state index in [2.05, 4.69) is 13.8 Å². The smallest absolute Gasteiger partial charge is 0.306 e. The predicted molar refractivity (Wildman–Crippen MR) is 264 cm³/mol. The molecule has 63 heavy (non-hydrogen) atoms.